The van der Waals surface area contributed by atoms with Crippen LogP contribution in [0.2, 0.25) is 0 Å². The van der Waals surface area contributed by atoms with Crippen LogP contribution in [0.4, 0.5) is 5.82 Å². The molecule has 0 saturated heterocycles. The molecule has 2 aromatic heterocycles. The molecule has 6 nitrogen and oxygen atoms in total. The van der Waals surface area contributed by atoms with Crippen LogP contribution in [0.5, 0.6) is 0 Å². The summed E-state index contributed by atoms with van der Waals surface area (Å²) in [5.41, 5.74) is 2.46. The van der Waals surface area contributed by atoms with Crippen molar-refractivity contribution in [1.82, 2.24) is 9.97 Å². The van der Waals surface area contributed by atoms with E-state index in [-0.39, 0.29) is 5.82 Å². The van der Waals surface area contributed by atoms with E-state index in [9.17, 15) is 8.42 Å². The van der Waals surface area contributed by atoms with Crippen LogP contribution in [0.1, 0.15) is 18.0 Å². The van der Waals surface area contributed by atoms with E-state index in [1.54, 1.807) is 6.92 Å². The van der Waals surface area contributed by atoms with Gasteiger partial charge >= 0.3 is 0 Å². The van der Waals surface area contributed by atoms with Gasteiger partial charge in [-0.3, -0.25) is 0 Å². The van der Waals surface area contributed by atoms with E-state index in [2.05, 4.69) is 15.4 Å². The number of hydrogen-bond donors (Lipinski definition) is 2. The number of rotatable bonds is 3. The average Bonchev–Trinajstić information content (AvgIpc) is 2.73. The molecule has 1 unspecified atom stereocenters. The molecule has 0 aliphatic carbocycles. The van der Waals surface area contributed by atoms with Gasteiger partial charge in [0.15, 0.2) is 15.7 Å². The lowest BCUT2D eigenvalue weighted by atomic mass is 10.3. The lowest BCUT2D eigenvalue weighted by Gasteiger charge is -2.10. The molecule has 2 aromatic rings. The molecule has 0 spiro atoms. The van der Waals surface area contributed by atoms with Crippen molar-refractivity contribution in [3.63, 3.8) is 0 Å². The number of nitrogen functional groups attached to an aromatic ring is 1. The summed E-state index contributed by atoms with van der Waals surface area (Å²) < 4.78 is 23.0. The van der Waals surface area contributed by atoms with Crippen LogP contribution in [0, 0.1) is 0 Å². The minimum Gasteiger partial charge on any atom is -0.308 e. The van der Waals surface area contributed by atoms with Crippen molar-refractivity contribution >= 4 is 37.2 Å². The summed E-state index contributed by atoms with van der Waals surface area (Å²) in [5.74, 6) is 6.07. The number of hydrazine groups is 1. The van der Waals surface area contributed by atoms with Gasteiger partial charge in [0.05, 0.1) is 5.39 Å². The molecular formula is C9H12N4O2S2. The number of nitrogens with zero attached hydrogens (tertiary/aromatic N) is 2. The van der Waals surface area contributed by atoms with E-state index >= 15 is 0 Å². The van der Waals surface area contributed by atoms with Gasteiger partial charge in [-0.05, 0) is 18.4 Å². The van der Waals surface area contributed by atoms with Crippen LogP contribution < -0.4 is 11.3 Å². The molecule has 3 N–H and O–H groups in total. The second kappa shape index (κ2) is 4.21. The Bertz CT molecular complexity index is 650. The molecule has 1 atom stereocenters. The quantitative estimate of drug-likeness (QED) is 0.641. The minimum absolute atomic E-state index is 0.260. The molecule has 0 aliphatic rings. The Hall–Kier alpha value is -1.25. The van der Waals surface area contributed by atoms with Crippen molar-refractivity contribution in [2.75, 3.05) is 11.7 Å². The highest BCUT2D eigenvalue weighted by atomic mass is 32.2. The highest BCUT2D eigenvalue weighted by Gasteiger charge is 2.22. The lowest BCUT2D eigenvalue weighted by Crippen LogP contribution is -2.15. The second-order valence-corrected chi connectivity index (χ2v) is 6.95. The van der Waals surface area contributed by atoms with Crippen molar-refractivity contribution in [3.05, 3.63) is 17.3 Å². The van der Waals surface area contributed by atoms with Crippen LogP contribution >= 0.6 is 11.3 Å². The maximum atomic E-state index is 11.5. The maximum Gasteiger partial charge on any atom is 0.157 e. The minimum atomic E-state index is -3.22. The Labute approximate surface area is 103 Å². The summed E-state index contributed by atoms with van der Waals surface area (Å²) in [5, 5.41) is 1.90. The molecule has 2 heterocycles. The zero-order valence-corrected chi connectivity index (χ0v) is 11.0. The zero-order chi connectivity index (χ0) is 12.6. The normalized spacial score (nSPS) is 13.8. The fourth-order valence-corrected chi connectivity index (χ4v) is 2.61. The van der Waals surface area contributed by atoms with E-state index in [0.29, 0.717) is 5.82 Å². The number of aromatic nitrogens is 2. The molecular weight excluding hydrogens is 260 g/mol. The molecule has 0 aromatic carbocycles. The lowest BCUT2D eigenvalue weighted by molar-refractivity contribution is 0.589. The Morgan fingerprint density at radius 2 is 2.18 bits per heavy atom. The molecule has 0 fully saturated rings. The number of nitrogens with two attached hydrogens (primary N) is 1. The summed E-state index contributed by atoms with van der Waals surface area (Å²) >= 11 is 1.42. The Morgan fingerprint density at radius 1 is 1.47 bits per heavy atom. The molecule has 0 amide bonds. The van der Waals surface area contributed by atoms with Crippen molar-refractivity contribution in [1.29, 1.82) is 0 Å². The standard InChI is InChI=1S/C9H12N4O2S2/c1-5(17(2,14)15)7-11-8(13-10)6-3-4-16-9(6)12-7/h3-5H,10H2,1-2H3,(H,11,12,13). The largest absolute Gasteiger partial charge is 0.308 e. The number of fused-ring (bicyclic) bond motifs is 1. The summed E-state index contributed by atoms with van der Waals surface area (Å²) in [6.07, 6.45) is 1.16. The van der Waals surface area contributed by atoms with E-state index in [0.717, 1.165) is 16.5 Å². The van der Waals surface area contributed by atoms with Crippen molar-refractivity contribution in [2.24, 2.45) is 5.84 Å². The monoisotopic (exact) mass is 272 g/mol. The van der Waals surface area contributed by atoms with E-state index < -0.39 is 15.1 Å². The number of hydrogen-bond acceptors (Lipinski definition) is 7. The Morgan fingerprint density at radius 3 is 2.76 bits per heavy atom. The third-order valence-electron chi connectivity index (χ3n) is 2.48. The Balaban J connectivity index is 2.63. The van der Waals surface area contributed by atoms with E-state index in [1.807, 2.05) is 11.4 Å². The number of thiophene rings is 1. The molecule has 17 heavy (non-hydrogen) atoms. The molecule has 0 radical (unpaired) electrons. The van der Waals surface area contributed by atoms with Gasteiger partial charge in [0.1, 0.15) is 15.9 Å². The van der Waals surface area contributed by atoms with Crippen molar-refractivity contribution in [3.8, 4) is 0 Å². The topological polar surface area (TPSA) is 98.0 Å². The third kappa shape index (κ3) is 2.24. The molecule has 0 saturated carbocycles. The van der Waals surface area contributed by atoms with E-state index in [4.69, 9.17) is 5.84 Å². The molecule has 92 valence electrons. The van der Waals surface area contributed by atoms with Gasteiger partial charge in [-0.15, -0.1) is 11.3 Å². The van der Waals surface area contributed by atoms with Gasteiger partial charge in [0.25, 0.3) is 0 Å². The summed E-state index contributed by atoms with van der Waals surface area (Å²) in [6, 6.07) is 1.84. The number of sulfone groups is 1. The van der Waals surface area contributed by atoms with Gasteiger partial charge in [-0.25, -0.2) is 24.2 Å². The second-order valence-electron chi connectivity index (χ2n) is 3.69. The average molecular weight is 272 g/mol. The predicted octanol–water partition coefficient (Wildman–Crippen LogP) is 1.08. The van der Waals surface area contributed by atoms with Crippen molar-refractivity contribution in [2.45, 2.75) is 12.2 Å². The summed E-state index contributed by atoms with van der Waals surface area (Å²) in [7, 11) is -3.22. The zero-order valence-electron chi connectivity index (χ0n) is 9.34. The van der Waals surface area contributed by atoms with Crippen LogP contribution in [0.25, 0.3) is 10.2 Å². The first-order valence-corrected chi connectivity index (χ1v) is 7.67. The predicted molar refractivity (Wildman–Crippen MR) is 68.5 cm³/mol. The van der Waals surface area contributed by atoms with Gasteiger partial charge in [0.2, 0.25) is 0 Å². The number of nitrogens with one attached hydrogen (secondary N) is 1. The SMILES string of the molecule is CC(c1nc(NN)c2ccsc2n1)S(C)(=O)=O. The fraction of sp³-hybridized carbons (Fsp3) is 0.333. The van der Waals surface area contributed by atoms with Crippen LogP contribution in [0.3, 0.4) is 0 Å². The van der Waals surface area contributed by atoms with Crippen LogP contribution in [-0.4, -0.2) is 24.6 Å². The fourth-order valence-electron chi connectivity index (χ4n) is 1.36. The maximum absolute atomic E-state index is 11.5. The van der Waals surface area contributed by atoms with Gasteiger partial charge in [-0.1, -0.05) is 0 Å². The first-order chi connectivity index (χ1) is 7.93. The third-order valence-corrected chi connectivity index (χ3v) is 4.79. The van der Waals surface area contributed by atoms with Crippen molar-refractivity contribution < 1.29 is 8.42 Å². The molecule has 2 rings (SSSR count). The first-order valence-electron chi connectivity index (χ1n) is 4.84. The van der Waals surface area contributed by atoms with Gasteiger partial charge in [-0.2, -0.15) is 0 Å². The smallest absolute Gasteiger partial charge is 0.157 e. The first kappa shape index (κ1) is 12.2. The number of anilines is 1. The Kier molecular flexibility index (Phi) is 3.02. The van der Waals surface area contributed by atoms with Crippen LogP contribution in [-0.2, 0) is 9.84 Å². The highest BCUT2D eigenvalue weighted by Crippen LogP contribution is 2.27. The highest BCUT2D eigenvalue weighted by molar-refractivity contribution is 7.90. The summed E-state index contributed by atoms with van der Waals surface area (Å²) in [6.45, 7) is 1.56. The van der Waals surface area contributed by atoms with Crippen LogP contribution in [0.15, 0.2) is 11.4 Å². The molecule has 8 heteroatoms. The van der Waals surface area contributed by atoms with E-state index in [1.165, 1.54) is 11.3 Å². The summed E-state index contributed by atoms with van der Waals surface area (Å²) in [4.78, 5) is 9.10. The van der Waals surface area contributed by atoms with Gasteiger partial charge < -0.3 is 5.43 Å². The molecule has 0 aliphatic heterocycles. The van der Waals surface area contributed by atoms with Gasteiger partial charge in [0, 0.05) is 6.26 Å². The molecule has 0 bridgehead atoms.